The Labute approximate surface area is 113 Å². The van der Waals surface area contributed by atoms with Crippen LogP contribution in [0, 0.1) is 5.41 Å². The first kappa shape index (κ1) is 13.1. The van der Waals surface area contributed by atoms with Gasteiger partial charge >= 0.3 is 0 Å². The van der Waals surface area contributed by atoms with Crippen molar-refractivity contribution in [2.24, 2.45) is 11.1 Å². The van der Waals surface area contributed by atoms with Gasteiger partial charge in [-0.25, -0.2) is 8.42 Å². The minimum Gasteiger partial charge on any atom is -0.381 e. The highest BCUT2D eigenvalue weighted by Gasteiger charge is 2.47. The quantitative estimate of drug-likeness (QED) is 0.887. The molecule has 19 heavy (non-hydrogen) atoms. The maximum atomic E-state index is 12.3. The molecule has 2 N–H and O–H groups in total. The van der Waals surface area contributed by atoms with Crippen molar-refractivity contribution in [3.05, 3.63) is 29.8 Å². The average Bonchev–Trinajstić information content (AvgIpc) is 2.73. The summed E-state index contributed by atoms with van der Waals surface area (Å²) in [5.41, 5.74) is 6.84. The fourth-order valence-electron chi connectivity index (χ4n) is 3.43. The Bertz CT molecular complexity index is 576. The molecule has 1 fully saturated rings. The van der Waals surface area contributed by atoms with Gasteiger partial charge in [0.05, 0.1) is 10.6 Å². The smallest absolute Gasteiger partial charge is 0.179 e. The summed E-state index contributed by atoms with van der Waals surface area (Å²) < 4.78 is 30.0. The molecule has 2 aliphatic rings. The Kier molecular flexibility index (Phi) is 3.15. The molecule has 2 heterocycles. The molecular weight excluding hydrogens is 262 g/mol. The molecule has 0 radical (unpaired) electrons. The lowest BCUT2D eigenvalue weighted by Crippen LogP contribution is -2.42. The standard InChI is InChI=1S/C14H19NO3S/c15-10-14(5-7-18-8-6-14)12-9-19(16,17)13-4-2-1-3-11(12)13/h1-4,12H,5-10,15H2. The van der Waals surface area contributed by atoms with Gasteiger partial charge in [0, 0.05) is 19.1 Å². The van der Waals surface area contributed by atoms with Crippen LogP contribution in [0.25, 0.3) is 0 Å². The Morgan fingerprint density at radius 1 is 1.26 bits per heavy atom. The lowest BCUT2D eigenvalue weighted by atomic mass is 9.68. The zero-order valence-corrected chi connectivity index (χ0v) is 11.7. The number of sulfone groups is 1. The van der Waals surface area contributed by atoms with Gasteiger partial charge in [-0.1, -0.05) is 18.2 Å². The Morgan fingerprint density at radius 3 is 2.63 bits per heavy atom. The summed E-state index contributed by atoms with van der Waals surface area (Å²) in [7, 11) is -3.15. The predicted octanol–water partition coefficient (Wildman–Crippen LogP) is 1.31. The second-order valence-corrected chi connectivity index (χ2v) is 7.55. The highest BCUT2D eigenvalue weighted by molar-refractivity contribution is 7.91. The first-order valence-electron chi connectivity index (χ1n) is 6.69. The Morgan fingerprint density at radius 2 is 1.95 bits per heavy atom. The summed E-state index contributed by atoms with van der Waals surface area (Å²) >= 11 is 0. The van der Waals surface area contributed by atoms with E-state index in [0.29, 0.717) is 24.7 Å². The van der Waals surface area contributed by atoms with Crippen LogP contribution in [0.3, 0.4) is 0 Å². The summed E-state index contributed by atoms with van der Waals surface area (Å²) in [6.45, 7) is 1.87. The van der Waals surface area contributed by atoms with Crippen LogP contribution >= 0.6 is 0 Å². The van der Waals surface area contributed by atoms with Gasteiger partial charge in [-0.15, -0.1) is 0 Å². The number of rotatable bonds is 2. The van der Waals surface area contributed by atoms with Crippen LogP contribution in [-0.2, 0) is 14.6 Å². The highest BCUT2D eigenvalue weighted by Crippen LogP contribution is 2.49. The summed E-state index contributed by atoms with van der Waals surface area (Å²) in [6.07, 6.45) is 1.69. The molecule has 0 amide bonds. The van der Waals surface area contributed by atoms with Crippen molar-refractivity contribution in [3.8, 4) is 0 Å². The zero-order chi connectivity index (χ0) is 13.5. The van der Waals surface area contributed by atoms with Crippen molar-refractivity contribution in [2.75, 3.05) is 25.5 Å². The summed E-state index contributed by atoms with van der Waals surface area (Å²) in [6, 6.07) is 7.36. The van der Waals surface area contributed by atoms with E-state index in [1.807, 2.05) is 12.1 Å². The van der Waals surface area contributed by atoms with Gasteiger partial charge in [0.15, 0.2) is 9.84 Å². The van der Waals surface area contributed by atoms with Crippen molar-refractivity contribution in [1.82, 2.24) is 0 Å². The molecule has 0 bridgehead atoms. The maximum Gasteiger partial charge on any atom is 0.179 e. The fourth-order valence-corrected chi connectivity index (χ4v) is 5.44. The van der Waals surface area contributed by atoms with Gasteiger partial charge < -0.3 is 10.5 Å². The van der Waals surface area contributed by atoms with Crippen LogP contribution in [0.15, 0.2) is 29.2 Å². The number of ether oxygens (including phenoxy) is 1. The Balaban J connectivity index is 2.07. The van der Waals surface area contributed by atoms with Gasteiger partial charge in [0.2, 0.25) is 0 Å². The van der Waals surface area contributed by atoms with E-state index >= 15 is 0 Å². The number of hydrogen-bond donors (Lipinski definition) is 1. The SMILES string of the molecule is NCC1(C2CS(=O)(=O)c3ccccc32)CCOCC1. The van der Waals surface area contributed by atoms with Crippen molar-refractivity contribution in [3.63, 3.8) is 0 Å². The molecule has 0 saturated carbocycles. The van der Waals surface area contributed by atoms with E-state index in [2.05, 4.69) is 0 Å². The molecule has 1 aromatic carbocycles. The molecule has 1 unspecified atom stereocenters. The fraction of sp³-hybridized carbons (Fsp3) is 0.571. The van der Waals surface area contributed by atoms with Gasteiger partial charge in [-0.2, -0.15) is 0 Å². The van der Waals surface area contributed by atoms with Crippen molar-refractivity contribution in [2.45, 2.75) is 23.7 Å². The number of nitrogens with two attached hydrogens (primary N) is 1. The predicted molar refractivity (Wildman–Crippen MR) is 72.8 cm³/mol. The first-order chi connectivity index (χ1) is 9.09. The molecule has 4 nitrogen and oxygen atoms in total. The lowest BCUT2D eigenvalue weighted by molar-refractivity contribution is 0.00809. The van der Waals surface area contributed by atoms with Gasteiger partial charge in [0.1, 0.15) is 0 Å². The van der Waals surface area contributed by atoms with E-state index in [1.54, 1.807) is 12.1 Å². The third-order valence-electron chi connectivity index (χ3n) is 4.65. The zero-order valence-electron chi connectivity index (χ0n) is 10.8. The molecule has 1 saturated heterocycles. The first-order valence-corrected chi connectivity index (χ1v) is 8.34. The molecule has 1 aromatic rings. The monoisotopic (exact) mass is 281 g/mol. The second kappa shape index (κ2) is 4.58. The summed E-state index contributed by atoms with van der Waals surface area (Å²) in [5.74, 6) is 0.214. The highest BCUT2D eigenvalue weighted by atomic mass is 32.2. The normalized spacial score (nSPS) is 27.9. The molecule has 0 spiro atoms. The van der Waals surface area contributed by atoms with Gasteiger partial charge in [-0.3, -0.25) is 0 Å². The third kappa shape index (κ3) is 2.00. The van der Waals surface area contributed by atoms with E-state index in [4.69, 9.17) is 10.5 Å². The van der Waals surface area contributed by atoms with Crippen molar-refractivity contribution < 1.29 is 13.2 Å². The molecule has 5 heteroatoms. The molecule has 2 aliphatic heterocycles. The van der Waals surface area contributed by atoms with Crippen LogP contribution in [0.2, 0.25) is 0 Å². The van der Waals surface area contributed by atoms with E-state index < -0.39 is 9.84 Å². The van der Waals surface area contributed by atoms with Gasteiger partial charge in [-0.05, 0) is 36.4 Å². The van der Waals surface area contributed by atoms with Gasteiger partial charge in [0.25, 0.3) is 0 Å². The van der Waals surface area contributed by atoms with Crippen LogP contribution < -0.4 is 5.73 Å². The maximum absolute atomic E-state index is 12.3. The van der Waals surface area contributed by atoms with E-state index in [-0.39, 0.29) is 17.1 Å². The molecular formula is C14H19NO3S. The Hall–Kier alpha value is -0.910. The number of fused-ring (bicyclic) bond motifs is 1. The van der Waals surface area contributed by atoms with E-state index in [9.17, 15) is 8.42 Å². The minimum atomic E-state index is -3.15. The van der Waals surface area contributed by atoms with E-state index in [0.717, 1.165) is 18.4 Å². The molecule has 0 aliphatic carbocycles. The average molecular weight is 281 g/mol. The number of hydrogen-bond acceptors (Lipinski definition) is 4. The van der Waals surface area contributed by atoms with Crippen LogP contribution in [0.1, 0.15) is 24.3 Å². The van der Waals surface area contributed by atoms with Crippen molar-refractivity contribution in [1.29, 1.82) is 0 Å². The number of benzene rings is 1. The molecule has 104 valence electrons. The third-order valence-corrected chi connectivity index (χ3v) is 6.46. The largest absolute Gasteiger partial charge is 0.381 e. The molecule has 3 rings (SSSR count). The molecule has 0 aromatic heterocycles. The van der Waals surface area contributed by atoms with E-state index in [1.165, 1.54) is 0 Å². The van der Waals surface area contributed by atoms with Crippen molar-refractivity contribution >= 4 is 9.84 Å². The second-order valence-electron chi connectivity index (χ2n) is 5.55. The van der Waals surface area contributed by atoms with Crippen LogP contribution in [-0.4, -0.2) is 33.9 Å². The van der Waals surface area contributed by atoms with Crippen LogP contribution in [0.4, 0.5) is 0 Å². The lowest BCUT2D eigenvalue weighted by Gasteiger charge is -2.41. The minimum absolute atomic E-state index is 0.0163. The summed E-state index contributed by atoms with van der Waals surface area (Å²) in [4.78, 5) is 0.499. The van der Waals surface area contributed by atoms with Crippen LogP contribution in [0.5, 0.6) is 0 Å². The summed E-state index contributed by atoms with van der Waals surface area (Å²) in [5, 5.41) is 0. The topological polar surface area (TPSA) is 69.4 Å². The molecule has 1 atom stereocenters.